The first-order valence-corrected chi connectivity index (χ1v) is 10.2. The molecule has 4 rings (SSSR count). The van der Waals surface area contributed by atoms with Gasteiger partial charge in [-0.1, -0.05) is 25.7 Å². The molecule has 1 aliphatic carbocycles. The second-order valence-corrected chi connectivity index (χ2v) is 7.77. The van der Waals surface area contributed by atoms with Gasteiger partial charge in [0.15, 0.2) is 23.1 Å². The van der Waals surface area contributed by atoms with E-state index in [1.807, 2.05) is 16.8 Å². The number of nitrogen functional groups attached to an aromatic ring is 2. The van der Waals surface area contributed by atoms with Gasteiger partial charge >= 0.3 is 6.09 Å². The topological polar surface area (TPSA) is 149 Å². The van der Waals surface area contributed by atoms with Crippen LogP contribution in [0.5, 0.6) is 0 Å². The number of carbonyl (C=O) groups is 1. The molecule has 0 aromatic carbocycles. The number of aromatic nitrogens is 5. The van der Waals surface area contributed by atoms with Gasteiger partial charge in [0.1, 0.15) is 11.4 Å². The van der Waals surface area contributed by atoms with Crippen LogP contribution in [0.1, 0.15) is 38.5 Å². The Morgan fingerprint density at radius 3 is 2.50 bits per heavy atom. The van der Waals surface area contributed by atoms with Crippen LogP contribution in [0.25, 0.3) is 22.6 Å². The molecule has 3 heterocycles. The monoisotopic (exact) mass is 410 g/mol. The van der Waals surface area contributed by atoms with Crippen LogP contribution < -0.4 is 16.4 Å². The second-order valence-electron chi connectivity index (χ2n) is 7.77. The zero-order valence-corrected chi connectivity index (χ0v) is 17.0. The summed E-state index contributed by atoms with van der Waals surface area (Å²) in [6, 6.07) is 3.75. The van der Waals surface area contributed by atoms with Crippen molar-refractivity contribution in [3.05, 3.63) is 18.3 Å². The van der Waals surface area contributed by atoms with Crippen molar-refractivity contribution in [2.45, 2.75) is 45.1 Å². The largest absolute Gasteiger partial charge is 0.465 e. The van der Waals surface area contributed by atoms with E-state index >= 15 is 0 Å². The molecule has 0 radical (unpaired) electrons. The number of nitrogens with two attached hydrogens (primary N) is 2. The highest BCUT2D eigenvalue weighted by atomic mass is 16.4. The summed E-state index contributed by atoms with van der Waals surface area (Å²) in [5.41, 5.74) is 13.4. The number of pyridine rings is 1. The van der Waals surface area contributed by atoms with Crippen LogP contribution in [0.3, 0.4) is 0 Å². The Morgan fingerprint density at radius 1 is 1.20 bits per heavy atom. The molecule has 5 N–H and O–H groups in total. The standard InChI is InChI=1S/C20H26N8O2/c1-27(20(29)30)15-16(21)24-18(25-17(15)22)14-13-9-6-10-23-19(13)28(26-14)11-12-7-4-2-3-5-8-12/h6,9-10,12H,2-5,7-8,11H2,1H3,(H,29,30)(H4,21,22,24,25). The van der Waals surface area contributed by atoms with Crippen molar-refractivity contribution in [2.24, 2.45) is 5.92 Å². The number of hydrogen-bond acceptors (Lipinski definition) is 7. The summed E-state index contributed by atoms with van der Waals surface area (Å²) in [7, 11) is 1.34. The number of carboxylic acid groups (broad SMARTS) is 1. The molecule has 30 heavy (non-hydrogen) atoms. The van der Waals surface area contributed by atoms with Crippen LogP contribution in [0.4, 0.5) is 22.1 Å². The fraction of sp³-hybridized carbons (Fsp3) is 0.450. The Hall–Kier alpha value is -3.43. The highest BCUT2D eigenvalue weighted by Gasteiger charge is 2.23. The van der Waals surface area contributed by atoms with E-state index in [1.54, 1.807) is 6.20 Å². The van der Waals surface area contributed by atoms with Crippen molar-refractivity contribution < 1.29 is 9.90 Å². The lowest BCUT2D eigenvalue weighted by molar-refractivity contribution is 0.203. The maximum absolute atomic E-state index is 11.3. The Kier molecular flexibility index (Phi) is 5.39. The summed E-state index contributed by atoms with van der Waals surface area (Å²) in [5.74, 6) is 0.786. The van der Waals surface area contributed by atoms with Crippen molar-refractivity contribution >= 4 is 34.4 Å². The normalized spacial score (nSPS) is 15.2. The first kappa shape index (κ1) is 19.9. The Bertz CT molecular complexity index is 1050. The van der Waals surface area contributed by atoms with E-state index in [0.29, 0.717) is 11.6 Å². The Balaban J connectivity index is 1.75. The number of nitrogens with zero attached hydrogens (tertiary/aromatic N) is 6. The number of amides is 1. The zero-order valence-electron chi connectivity index (χ0n) is 17.0. The van der Waals surface area contributed by atoms with Gasteiger partial charge in [0.05, 0.1) is 5.39 Å². The van der Waals surface area contributed by atoms with Gasteiger partial charge in [-0.25, -0.2) is 24.4 Å². The minimum absolute atomic E-state index is 0.0160. The molecule has 1 amide bonds. The van der Waals surface area contributed by atoms with E-state index in [0.717, 1.165) is 22.5 Å². The third-order valence-corrected chi connectivity index (χ3v) is 5.68. The number of hydrogen-bond donors (Lipinski definition) is 3. The molecule has 0 aliphatic heterocycles. The second kappa shape index (κ2) is 8.13. The van der Waals surface area contributed by atoms with Gasteiger partial charge < -0.3 is 16.6 Å². The summed E-state index contributed by atoms with van der Waals surface area (Å²) in [6.45, 7) is 0.790. The molecule has 158 valence electrons. The summed E-state index contributed by atoms with van der Waals surface area (Å²) >= 11 is 0. The molecule has 0 bridgehead atoms. The average molecular weight is 410 g/mol. The molecule has 1 aliphatic rings. The molecular formula is C20H26N8O2. The number of fused-ring (bicyclic) bond motifs is 1. The molecule has 0 saturated heterocycles. The summed E-state index contributed by atoms with van der Waals surface area (Å²) < 4.78 is 1.92. The molecule has 3 aromatic rings. The van der Waals surface area contributed by atoms with E-state index < -0.39 is 6.09 Å². The number of rotatable bonds is 4. The fourth-order valence-electron chi connectivity index (χ4n) is 4.13. The fourth-order valence-corrected chi connectivity index (χ4v) is 4.13. The predicted octanol–water partition coefficient (Wildman–Crippen LogP) is 3.14. The maximum Gasteiger partial charge on any atom is 0.411 e. The van der Waals surface area contributed by atoms with Gasteiger partial charge in [-0.2, -0.15) is 5.10 Å². The highest BCUT2D eigenvalue weighted by molar-refractivity contribution is 5.95. The average Bonchev–Trinajstić information content (AvgIpc) is 2.88. The summed E-state index contributed by atoms with van der Waals surface area (Å²) in [4.78, 5) is 25.3. The van der Waals surface area contributed by atoms with Crippen molar-refractivity contribution in [1.82, 2.24) is 24.7 Å². The molecule has 1 saturated carbocycles. The SMILES string of the molecule is CN(C(=O)O)c1c(N)nc(-c2nn(CC3CCCCCC3)c3ncccc23)nc1N. The molecule has 0 unspecified atom stereocenters. The van der Waals surface area contributed by atoms with Crippen molar-refractivity contribution in [2.75, 3.05) is 23.4 Å². The Morgan fingerprint density at radius 2 is 1.87 bits per heavy atom. The van der Waals surface area contributed by atoms with Crippen LogP contribution in [0, 0.1) is 5.92 Å². The predicted molar refractivity (Wildman–Crippen MR) is 115 cm³/mol. The molecular weight excluding hydrogens is 384 g/mol. The molecule has 3 aromatic heterocycles. The molecule has 0 atom stereocenters. The van der Waals surface area contributed by atoms with E-state index in [-0.39, 0.29) is 23.1 Å². The zero-order chi connectivity index (χ0) is 21.3. The Labute approximate surface area is 173 Å². The van der Waals surface area contributed by atoms with Gasteiger partial charge in [0, 0.05) is 19.8 Å². The molecule has 1 fully saturated rings. The van der Waals surface area contributed by atoms with Crippen LogP contribution in [-0.4, -0.2) is 43.0 Å². The minimum Gasteiger partial charge on any atom is -0.465 e. The van der Waals surface area contributed by atoms with Crippen LogP contribution in [0.2, 0.25) is 0 Å². The maximum atomic E-state index is 11.3. The van der Waals surface area contributed by atoms with Crippen molar-refractivity contribution in [1.29, 1.82) is 0 Å². The van der Waals surface area contributed by atoms with Gasteiger partial charge in [-0.05, 0) is 30.9 Å². The van der Waals surface area contributed by atoms with Crippen LogP contribution >= 0.6 is 0 Å². The van der Waals surface area contributed by atoms with Crippen LogP contribution in [0.15, 0.2) is 18.3 Å². The third-order valence-electron chi connectivity index (χ3n) is 5.68. The molecule has 10 heteroatoms. The van der Waals surface area contributed by atoms with Crippen LogP contribution in [-0.2, 0) is 6.54 Å². The van der Waals surface area contributed by atoms with Crippen molar-refractivity contribution in [3.8, 4) is 11.5 Å². The number of anilines is 3. The molecule has 0 spiro atoms. The molecule has 10 nitrogen and oxygen atoms in total. The van der Waals surface area contributed by atoms with Gasteiger partial charge in [0.2, 0.25) is 0 Å². The van der Waals surface area contributed by atoms with Crippen molar-refractivity contribution in [3.63, 3.8) is 0 Å². The quantitative estimate of drug-likeness (QED) is 0.555. The van der Waals surface area contributed by atoms with E-state index in [4.69, 9.17) is 16.6 Å². The minimum atomic E-state index is -1.20. The first-order chi connectivity index (χ1) is 14.5. The van der Waals surface area contributed by atoms with Gasteiger partial charge in [-0.15, -0.1) is 0 Å². The lowest BCUT2D eigenvalue weighted by Crippen LogP contribution is -2.26. The van der Waals surface area contributed by atoms with Gasteiger partial charge in [0.25, 0.3) is 0 Å². The lowest BCUT2D eigenvalue weighted by atomic mass is 10.0. The van der Waals surface area contributed by atoms with E-state index in [9.17, 15) is 9.90 Å². The summed E-state index contributed by atoms with van der Waals surface area (Å²) in [5, 5.41) is 14.8. The smallest absolute Gasteiger partial charge is 0.411 e. The van der Waals surface area contributed by atoms with E-state index in [2.05, 4.69) is 15.0 Å². The van der Waals surface area contributed by atoms with Gasteiger partial charge in [-0.3, -0.25) is 4.90 Å². The summed E-state index contributed by atoms with van der Waals surface area (Å²) in [6.07, 6.45) is 8.01. The highest BCUT2D eigenvalue weighted by Crippen LogP contribution is 2.32. The first-order valence-electron chi connectivity index (χ1n) is 10.2. The lowest BCUT2D eigenvalue weighted by Gasteiger charge is -2.16. The third kappa shape index (κ3) is 3.72. The van der Waals surface area contributed by atoms with E-state index in [1.165, 1.54) is 45.6 Å².